The largest absolute Gasteiger partial charge is 0.416 e. The van der Waals surface area contributed by atoms with Crippen molar-refractivity contribution in [3.05, 3.63) is 65.2 Å². The number of aryl methyl sites for hydroxylation is 1. The van der Waals surface area contributed by atoms with Crippen LogP contribution in [0.4, 0.5) is 22.0 Å². The van der Waals surface area contributed by atoms with Gasteiger partial charge in [0.25, 0.3) is 0 Å². The summed E-state index contributed by atoms with van der Waals surface area (Å²) in [7, 11) is 1.83. The molecule has 0 spiro atoms. The highest BCUT2D eigenvalue weighted by Crippen LogP contribution is 2.37. The van der Waals surface area contributed by atoms with E-state index in [0.717, 1.165) is 23.2 Å². The molecule has 2 aromatic carbocycles. The predicted molar refractivity (Wildman–Crippen MR) is 99.4 cm³/mol. The topological polar surface area (TPSA) is 21.1 Å². The molecule has 0 saturated carbocycles. The van der Waals surface area contributed by atoms with Crippen molar-refractivity contribution in [1.82, 2.24) is 14.5 Å². The number of fused-ring (bicyclic) bond motifs is 1. The minimum Gasteiger partial charge on any atom is -0.334 e. The minimum absolute atomic E-state index is 0.0359. The molecule has 8 heteroatoms. The van der Waals surface area contributed by atoms with E-state index in [4.69, 9.17) is 0 Å². The first-order valence-corrected chi connectivity index (χ1v) is 9.34. The number of nitrogens with zero attached hydrogens (tertiary/aromatic N) is 3. The maximum atomic E-state index is 15.8. The molecule has 1 aromatic heterocycles. The van der Waals surface area contributed by atoms with E-state index in [2.05, 4.69) is 4.98 Å². The molecular formula is C21H20F5N3. The van der Waals surface area contributed by atoms with Crippen molar-refractivity contribution in [2.75, 3.05) is 13.1 Å². The zero-order valence-electron chi connectivity index (χ0n) is 15.8. The lowest BCUT2D eigenvalue weighted by atomic mass is 9.87. The number of alkyl halides is 4. The fourth-order valence-electron chi connectivity index (χ4n) is 4.03. The number of hydrogen-bond acceptors (Lipinski definition) is 2. The van der Waals surface area contributed by atoms with E-state index < -0.39 is 23.2 Å². The molecule has 1 aliphatic heterocycles. The lowest BCUT2D eigenvalue weighted by Crippen LogP contribution is -2.43. The Balaban J connectivity index is 1.58. The summed E-state index contributed by atoms with van der Waals surface area (Å²) in [6.45, 7) is 0.631. The molecule has 29 heavy (non-hydrogen) atoms. The smallest absolute Gasteiger partial charge is 0.334 e. The summed E-state index contributed by atoms with van der Waals surface area (Å²) in [5.74, 6) is -0.944. The lowest BCUT2D eigenvalue weighted by molar-refractivity contribution is -0.137. The molecule has 1 aliphatic rings. The summed E-state index contributed by atoms with van der Waals surface area (Å²) in [6, 6.07) is 7.73. The van der Waals surface area contributed by atoms with Crippen molar-refractivity contribution in [2.45, 2.75) is 31.2 Å². The molecular weight excluding hydrogens is 389 g/mol. The molecule has 3 aromatic rings. The quantitative estimate of drug-likeness (QED) is 0.555. The van der Waals surface area contributed by atoms with Crippen molar-refractivity contribution >= 4 is 11.0 Å². The molecule has 1 atom stereocenters. The number of likely N-dealkylation sites (tertiary alicyclic amines) is 1. The highest BCUT2D eigenvalue weighted by molar-refractivity contribution is 5.76. The third-order valence-electron chi connectivity index (χ3n) is 5.46. The van der Waals surface area contributed by atoms with Gasteiger partial charge < -0.3 is 4.57 Å². The Kier molecular flexibility index (Phi) is 4.85. The minimum atomic E-state index is -4.62. The van der Waals surface area contributed by atoms with Gasteiger partial charge in [0.2, 0.25) is 0 Å². The Morgan fingerprint density at radius 1 is 1.14 bits per heavy atom. The third-order valence-corrected chi connectivity index (χ3v) is 5.46. The Labute approximate surface area is 164 Å². The van der Waals surface area contributed by atoms with Gasteiger partial charge in [-0.05, 0) is 60.8 Å². The molecule has 0 bridgehead atoms. The summed E-state index contributed by atoms with van der Waals surface area (Å²) in [5, 5.41) is 0. The van der Waals surface area contributed by atoms with Crippen LogP contribution in [0, 0.1) is 5.82 Å². The van der Waals surface area contributed by atoms with E-state index in [9.17, 15) is 17.6 Å². The summed E-state index contributed by atoms with van der Waals surface area (Å²) in [5.41, 5.74) is -0.366. The normalized spacial score (nSPS) is 21.0. The van der Waals surface area contributed by atoms with Crippen molar-refractivity contribution in [1.29, 1.82) is 0 Å². The van der Waals surface area contributed by atoms with Crippen LogP contribution in [0.5, 0.6) is 0 Å². The highest BCUT2D eigenvalue weighted by Gasteiger charge is 2.38. The molecule has 0 radical (unpaired) electrons. The van der Waals surface area contributed by atoms with E-state index in [1.165, 1.54) is 0 Å². The number of aromatic nitrogens is 2. The Hall–Kier alpha value is -2.48. The van der Waals surface area contributed by atoms with Gasteiger partial charge in [0.1, 0.15) is 11.5 Å². The van der Waals surface area contributed by atoms with Crippen LogP contribution in [0.15, 0.2) is 42.7 Å². The van der Waals surface area contributed by atoms with Gasteiger partial charge in [-0.1, -0.05) is 6.07 Å². The number of halogens is 5. The first kappa shape index (κ1) is 19.8. The van der Waals surface area contributed by atoms with Gasteiger partial charge in [-0.25, -0.2) is 13.8 Å². The average molecular weight is 409 g/mol. The first-order valence-electron chi connectivity index (χ1n) is 9.34. The van der Waals surface area contributed by atoms with Crippen LogP contribution in [-0.4, -0.2) is 27.5 Å². The second kappa shape index (κ2) is 7.09. The van der Waals surface area contributed by atoms with Crippen LogP contribution in [-0.2, 0) is 25.4 Å². The fraction of sp³-hybridized carbons (Fsp3) is 0.381. The molecule has 4 rings (SSSR count). The van der Waals surface area contributed by atoms with E-state index in [1.807, 2.05) is 11.6 Å². The van der Waals surface area contributed by atoms with Crippen molar-refractivity contribution < 1.29 is 22.0 Å². The molecule has 154 valence electrons. The first-order chi connectivity index (χ1) is 13.6. The van der Waals surface area contributed by atoms with Gasteiger partial charge in [-0.15, -0.1) is 0 Å². The van der Waals surface area contributed by atoms with Gasteiger partial charge in [0.15, 0.2) is 0 Å². The average Bonchev–Trinajstić information content (AvgIpc) is 3.01. The van der Waals surface area contributed by atoms with E-state index in [0.29, 0.717) is 31.0 Å². The summed E-state index contributed by atoms with van der Waals surface area (Å²) < 4.78 is 70.2. The fourth-order valence-corrected chi connectivity index (χ4v) is 4.03. The van der Waals surface area contributed by atoms with E-state index in [1.54, 1.807) is 29.4 Å². The van der Waals surface area contributed by atoms with Crippen LogP contribution >= 0.6 is 0 Å². The summed E-state index contributed by atoms with van der Waals surface area (Å²) >= 11 is 0. The third kappa shape index (κ3) is 3.99. The van der Waals surface area contributed by atoms with Gasteiger partial charge in [0.05, 0.1) is 22.9 Å². The van der Waals surface area contributed by atoms with Crippen LogP contribution in [0.1, 0.15) is 29.5 Å². The van der Waals surface area contributed by atoms with Crippen LogP contribution in [0.25, 0.3) is 11.0 Å². The number of piperidine rings is 1. The van der Waals surface area contributed by atoms with Gasteiger partial charge in [-0.3, -0.25) is 4.90 Å². The van der Waals surface area contributed by atoms with Crippen LogP contribution < -0.4 is 0 Å². The summed E-state index contributed by atoms with van der Waals surface area (Å²) in [4.78, 5) is 5.98. The Morgan fingerprint density at radius 3 is 2.69 bits per heavy atom. The SMILES string of the molecule is Cn1cnc2ccc([C@]3(F)CCCN(Cc4cc(F)cc(C(F)(F)F)c4)C3)cc21. The van der Waals surface area contributed by atoms with E-state index in [-0.39, 0.29) is 18.7 Å². The molecule has 2 heterocycles. The second-order valence-corrected chi connectivity index (χ2v) is 7.68. The Morgan fingerprint density at radius 2 is 1.93 bits per heavy atom. The number of hydrogen-bond donors (Lipinski definition) is 0. The molecule has 0 N–H and O–H groups in total. The van der Waals surface area contributed by atoms with E-state index >= 15 is 4.39 Å². The maximum absolute atomic E-state index is 15.8. The van der Waals surface area contributed by atoms with Gasteiger partial charge in [-0.2, -0.15) is 13.2 Å². The summed E-state index contributed by atoms with van der Waals surface area (Å²) in [6.07, 6.45) is -2.08. The van der Waals surface area contributed by atoms with Gasteiger partial charge >= 0.3 is 6.18 Å². The molecule has 3 nitrogen and oxygen atoms in total. The highest BCUT2D eigenvalue weighted by atomic mass is 19.4. The second-order valence-electron chi connectivity index (χ2n) is 7.68. The van der Waals surface area contributed by atoms with Crippen molar-refractivity contribution in [2.24, 2.45) is 7.05 Å². The lowest BCUT2D eigenvalue weighted by Gasteiger charge is -2.38. The maximum Gasteiger partial charge on any atom is 0.416 e. The van der Waals surface area contributed by atoms with Gasteiger partial charge in [0, 0.05) is 20.1 Å². The van der Waals surface area contributed by atoms with Crippen LogP contribution in [0.3, 0.4) is 0 Å². The van der Waals surface area contributed by atoms with Crippen LogP contribution in [0.2, 0.25) is 0 Å². The molecule has 0 aliphatic carbocycles. The zero-order valence-corrected chi connectivity index (χ0v) is 15.8. The number of imidazole rings is 1. The monoisotopic (exact) mass is 409 g/mol. The molecule has 1 saturated heterocycles. The zero-order chi connectivity index (χ0) is 20.8. The molecule has 0 amide bonds. The predicted octanol–water partition coefficient (Wildman–Crippen LogP) is 5.19. The molecule has 1 fully saturated rings. The molecule has 0 unspecified atom stereocenters. The standard InChI is InChI=1S/C21H20F5N3/c1-28-13-27-18-4-3-15(10-19(18)28)20(23)5-2-6-29(12-20)11-14-7-16(21(24,25)26)9-17(22)8-14/h3-4,7-10,13H,2,5-6,11-12H2,1H3/t20-/m0/s1. The number of rotatable bonds is 3. The Bertz CT molecular complexity index is 1040. The van der Waals surface area contributed by atoms with Crippen molar-refractivity contribution in [3.63, 3.8) is 0 Å². The van der Waals surface area contributed by atoms with Crippen molar-refractivity contribution in [3.8, 4) is 0 Å². The number of benzene rings is 2.